The molecule has 6 aliphatic rings. The van der Waals surface area contributed by atoms with Gasteiger partial charge < -0.3 is 15.3 Å². The van der Waals surface area contributed by atoms with Crippen LogP contribution in [-0.4, -0.2) is 35.9 Å². The summed E-state index contributed by atoms with van der Waals surface area (Å²) in [5, 5.41) is 33.9. The Bertz CT molecular complexity index is 1460. The van der Waals surface area contributed by atoms with Crippen LogP contribution in [0.4, 0.5) is 39.5 Å². The van der Waals surface area contributed by atoms with E-state index in [1.807, 2.05) is 0 Å². The zero-order valence-electron chi connectivity index (χ0n) is 30.2. The van der Waals surface area contributed by atoms with E-state index >= 15 is 0 Å². The van der Waals surface area contributed by atoms with Crippen LogP contribution in [0.5, 0.6) is 0 Å². The molecule has 6 aliphatic carbocycles. The van der Waals surface area contributed by atoms with E-state index in [2.05, 4.69) is 0 Å². The summed E-state index contributed by atoms with van der Waals surface area (Å²) in [6, 6.07) is 0. The molecule has 6 nitrogen and oxygen atoms in total. The number of hydrogen-bond acceptors (Lipinski definition) is 6. The number of carbonyl (C=O) groups excluding carboxylic acids is 3. The minimum Gasteiger partial charge on any atom is -0.869 e. The Hall–Kier alpha value is -1.42. The minimum atomic E-state index is -4.94. The quantitative estimate of drug-likeness (QED) is 0.154. The maximum Gasteiger partial charge on any atom is 3.00 e. The van der Waals surface area contributed by atoms with Crippen LogP contribution in [0.2, 0.25) is 0 Å². The van der Waals surface area contributed by atoms with E-state index in [1.54, 1.807) is 62.3 Å². The van der Waals surface area contributed by atoms with Crippen molar-refractivity contribution in [2.75, 3.05) is 0 Å². The molecule has 16 heteroatoms. The molecule has 0 spiro atoms. The SMILES string of the molecule is CC12CCC(/C(=C(/[O-])C(F)(F)F)C1=O)C2(C)C.CC12CCC(/C(=C(/[O-])C(F)(F)F)C1=O)C2(C)C.CC12CCC(/C(=C(\[O-])C(F)(F)F)C1=O)C2(C)C.[Eu+3]. The summed E-state index contributed by atoms with van der Waals surface area (Å²) in [5.41, 5.74) is -5.65. The molecule has 0 aliphatic heterocycles. The van der Waals surface area contributed by atoms with Gasteiger partial charge in [0.1, 0.15) is 0 Å². The molecule has 6 rings (SSSR count). The predicted octanol–water partition coefficient (Wildman–Crippen LogP) is 6.56. The Morgan fingerprint density at radius 1 is 0.462 bits per heavy atom. The molecule has 0 radical (unpaired) electrons. The largest absolute Gasteiger partial charge is 3.00 e. The average molecular weight is 894 g/mol. The molecule has 6 unspecified atom stereocenters. The van der Waals surface area contributed by atoms with Gasteiger partial charge in [0.15, 0.2) is 17.3 Å². The maximum absolute atomic E-state index is 12.5. The van der Waals surface area contributed by atoms with Gasteiger partial charge in [-0.2, -0.15) is 39.5 Å². The van der Waals surface area contributed by atoms with Gasteiger partial charge in [0.25, 0.3) is 0 Å². The number of alkyl halides is 9. The smallest absolute Gasteiger partial charge is 0.869 e. The normalized spacial score (nSPS) is 38.0. The predicted molar refractivity (Wildman–Crippen MR) is 158 cm³/mol. The molecule has 0 aromatic heterocycles. The molecule has 0 amide bonds. The van der Waals surface area contributed by atoms with Gasteiger partial charge in [-0.3, -0.25) is 14.4 Å². The zero-order chi connectivity index (χ0) is 39.7. The molecule has 0 heterocycles. The Morgan fingerprint density at radius 2 is 0.635 bits per heavy atom. The fraction of sp³-hybridized carbons (Fsp3) is 0.750. The Balaban J connectivity index is 0.000000208. The van der Waals surface area contributed by atoms with E-state index < -0.39 is 120 Å². The molecule has 6 bridgehead atoms. The van der Waals surface area contributed by atoms with Gasteiger partial charge in [0.05, 0.1) is 0 Å². The number of fused-ring (bicyclic) bond motifs is 6. The van der Waals surface area contributed by atoms with E-state index in [0.29, 0.717) is 38.5 Å². The van der Waals surface area contributed by atoms with E-state index in [0.717, 1.165) is 0 Å². The van der Waals surface area contributed by atoms with E-state index in [9.17, 15) is 69.2 Å². The van der Waals surface area contributed by atoms with Gasteiger partial charge in [0.2, 0.25) is 0 Å². The van der Waals surface area contributed by atoms with Crippen molar-refractivity contribution in [1.29, 1.82) is 0 Å². The third-order valence-corrected chi connectivity index (χ3v) is 14.5. The molecule has 6 atom stereocenters. The summed E-state index contributed by atoms with van der Waals surface area (Å²) in [5.74, 6) is -9.25. The van der Waals surface area contributed by atoms with Crippen molar-refractivity contribution in [2.24, 2.45) is 50.2 Å². The van der Waals surface area contributed by atoms with Gasteiger partial charge >= 0.3 is 67.9 Å². The summed E-state index contributed by atoms with van der Waals surface area (Å²) >= 11 is 0. The number of hydrogen-bond donors (Lipinski definition) is 0. The summed E-state index contributed by atoms with van der Waals surface area (Å²) in [6.45, 7) is 15.7. The van der Waals surface area contributed by atoms with Gasteiger partial charge in [-0.25, -0.2) is 0 Å². The molecule has 0 saturated heterocycles. The standard InChI is InChI=1S/3C12H15F3O2.Eu/c3*1-10(2)6-4-5-11(10,3)8(16)7(6)9(17)12(13,14)15;/h3*6,17H,4-5H2,1-3H3;/q;;;+3/p-3/b9-7+;2*9-7-;. The molecule has 292 valence electrons. The van der Waals surface area contributed by atoms with Gasteiger partial charge in [-0.05, 0) is 107 Å². The van der Waals surface area contributed by atoms with Crippen LogP contribution in [-0.2, 0) is 14.4 Å². The Kier molecular flexibility index (Phi) is 11.3. The second kappa shape index (κ2) is 13.1. The van der Waals surface area contributed by atoms with Crippen molar-refractivity contribution < 1.29 is 119 Å². The number of Topliss-reactive ketones (excluding diaryl/α,β-unsaturated/α-hetero) is 3. The number of carbonyl (C=O) groups is 3. The monoisotopic (exact) mass is 894 g/mol. The zero-order valence-corrected chi connectivity index (χ0v) is 32.6. The maximum atomic E-state index is 12.5. The first-order valence-corrected chi connectivity index (χ1v) is 16.7. The molecular formula is C36H42EuF9O6. The fourth-order valence-corrected chi connectivity index (χ4v) is 9.84. The van der Waals surface area contributed by atoms with E-state index in [4.69, 9.17) is 0 Å². The summed E-state index contributed by atoms with van der Waals surface area (Å²) in [4.78, 5) is 36.1. The van der Waals surface area contributed by atoms with E-state index in [-0.39, 0.29) is 49.4 Å². The molecule has 0 aromatic rings. The summed E-state index contributed by atoms with van der Waals surface area (Å²) < 4.78 is 112. The van der Waals surface area contributed by atoms with Crippen LogP contribution in [0.25, 0.3) is 0 Å². The molecule has 0 aromatic carbocycles. The second-order valence-corrected chi connectivity index (χ2v) is 17.1. The number of ketones is 3. The van der Waals surface area contributed by atoms with Crippen molar-refractivity contribution in [3.05, 3.63) is 34.0 Å². The second-order valence-electron chi connectivity index (χ2n) is 17.1. The number of rotatable bonds is 0. The Morgan fingerprint density at radius 3 is 0.750 bits per heavy atom. The first kappa shape index (κ1) is 45.0. The minimum absolute atomic E-state index is 0. The average Bonchev–Trinajstić information content (AvgIpc) is 3.59. The van der Waals surface area contributed by atoms with Crippen LogP contribution in [0.1, 0.15) is 101 Å². The number of allylic oxidation sites excluding steroid dienone is 6. The van der Waals surface area contributed by atoms with Crippen LogP contribution in [0, 0.1) is 99.6 Å². The molecular weight excluding hydrogens is 851 g/mol. The third-order valence-electron chi connectivity index (χ3n) is 14.5. The van der Waals surface area contributed by atoms with E-state index in [1.165, 1.54) is 0 Å². The van der Waals surface area contributed by atoms with Crippen LogP contribution >= 0.6 is 0 Å². The van der Waals surface area contributed by atoms with Crippen LogP contribution < -0.4 is 15.3 Å². The topological polar surface area (TPSA) is 120 Å². The molecule has 0 N–H and O–H groups in total. The van der Waals surface area contributed by atoms with Crippen molar-refractivity contribution in [3.63, 3.8) is 0 Å². The van der Waals surface area contributed by atoms with Crippen molar-refractivity contribution in [3.8, 4) is 0 Å². The molecule has 52 heavy (non-hydrogen) atoms. The fourth-order valence-electron chi connectivity index (χ4n) is 9.84. The van der Waals surface area contributed by atoms with Crippen molar-refractivity contribution in [2.45, 2.75) is 119 Å². The van der Waals surface area contributed by atoms with Crippen molar-refractivity contribution in [1.82, 2.24) is 0 Å². The molecule has 6 fully saturated rings. The van der Waals surface area contributed by atoms with Gasteiger partial charge in [-0.1, -0.05) is 62.3 Å². The third kappa shape index (κ3) is 6.16. The van der Waals surface area contributed by atoms with Gasteiger partial charge in [0, 0.05) is 16.2 Å². The van der Waals surface area contributed by atoms with Crippen LogP contribution in [0.15, 0.2) is 34.0 Å². The number of halogens is 9. The Labute approximate surface area is 337 Å². The first-order chi connectivity index (χ1) is 22.6. The van der Waals surface area contributed by atoms with Crippen molar-refractivity contribution >= 4 is 17.3 Å². The first-order valence-electron chi connectivity index (χ1n) is 16.7. The summed E-state index contributed by atoms with van der Waals surface area (Å²) in [6.07, 6.45) is -11.6. The van der Waals surface area contributed by atoms with Crippen LogP contribution in [0.3, 0.4) is 0 Å². The van der Waals surface area contributed by atoms with Gasteiger partial charge in [-0.15, -0.1) is 0 Å². The summed E-state index contributed by atoms with van der Waals surface area (Å²) in [7, 11) is 0. The molecule has 6 saturated carbocycles.